The lowest BCUT2D eigenvalue weighted by atomic mass is 9.93. The summed E-state index contributed by atoms with van der Waals surface area (Å²) >= 11 is 0. The standard InChI is InChI=1S/C28H21FN4O5/c29-19-5-9-20(10-6-19)31-26(37)28(14-15-28)24(34)17-3-11-22(12-4-17)38-23-13-16-30-27(33-23)32-21-7-1-18(2-8-21)25(35)36/h1-13,16H,14-15H2,(H,31,37)(H,35,36)(H,30,32,33). The average Bonchev–Trinajstić information content (AvgIpc) is 3.73. The highest BCUT2D eigenvalue weighted by molar-refractivity contribution is 6.19. The number of anilines is 3. The van der Waals surface area contributed by atoms with Crippen LogP contribution in [0.3, 0.4) is 0 Å². The van der Waals surface area contributed by atoms with E-state index in [1.165, 1.54) is 42.6 Å². The zero-order valence-corrected chi connectivity index (χ0v) is 19.8. The van der Waals surface area contributed by atoms with E-state index in [0.29, 0.717) is 35.5 Å². The molecule has 0 spiro atoms. The Morgan fingerprint density at radius 2 is 1.47 bits per heavy atom. The van der Waals surface area contributed by atoms with Crippen LogP contribution in [0.5, 0.6) is 11.6 Å². The first kappa shape index (κ1) is 24.6. The van der Waals surface area contributed by atoms with Gasteiger partial charge in [-0.2, -0.15) is 4.98 Å². The van der Waals surface area contributed by atoms with E-state index in [9.17, 15) is 18.8 Å². The first-order valence-electron chi connectivity index (χ1n) is 11.7. The number of carboxylic acids is 1. The normalized spacial score (nSPS) is 13.3. The molecule has 1 aliphatic carbocycles. The molecular formula is C28H21FN4O5. The summed E-state index contributed by atoms with van der Waals surface area (Å²) in [4.78, 5) is 45.4. The molecule has 1 fully saturated rings. The molecule has 1 heterocycles. The van der Waals surface area contributed by atoms with Crippen molar-refractivity contribution in [3.05, 3.63) is 102 Å². The number of amides is 1. The van der Waals surface area contributed by atoms with Gasteiger partial charge >= 0.3 is 5.97 Å². The zero-order chi connectivity index (χ0) is 26.7. The van der Waals surface area contributed by atoms with E-state index in [4.69, 9.17) is 9.84 Å². The molecule has 0 saturated heterocycles. The summed E-state index contributed by atoms with van der Waals surface area (Å²) < 4.78 is 18.9. The van der Waals surface area contributed by atoms with Gasteiger partial charge in [-0.15, -0.1) is 0 Å². The number of aromatic nitrogens is 2. The topological polar surface area (TPSA) is 131 Å². The predicted octanol–water partition coefficient (Wildman–Crippen LogP) is 5.45. The van der Waals surface area contributed by atoms with Crippen LogP contribution in [0.25, 0.3) is 0 Å². The molecule has 190 valence electrons. The van der Waals surface area contributed by atoms with Gasteiger partial charge in [-0.25, -0.2) is 14.2 Å². The Balaban J connectivity index is 1.22. The molecule has 0 radical (unpaired) electrons. The van der Waals surface area contributed by atoms with Gasteiger partial charge in [0.25, 0.3) is 0 Å². The Bertz CT molecular complexity index is 1500. The van der Waals surface area contributed by atoms with Gasteiger partial charge in [-0.05, 0) is 85.6 Å². The molecule has 1 saturated carbocycles. The number of hydrogen-bond donors (Lipinski definition) is 3. The largest absolute Gasteiger partial charge is 0.478 e. The Morgan fingerprint density at radius 1 is 0.842 bits per heavy atom. The third kappa shape index (κ3) is 5.34. The number of halogens is 1. The van der Waals surface area contributed by atoms with Gasteiger partial charge in [0.2, 0.25) is 17.7 Å². The molecule has 3 aromatic carbocycles. The molecule has 38 heavy (non-hydrogen) atoms. The number of hydrogen-bond acceptors (Lipinski definition) is 7. The quantitative estimate of drug-likeness (QED) is 0.199. The lowest BCUT2D eigenvalue weighted by Gasteiger charge is -2.15. The lowest BCUT2D eigenvalue weighted by molar-refractivity contribution is -0.119. The molecule has 9 nitrogen and oxygen atoms in total. The van der Waals surface area contributed by atoms with Gasteiger partial charge in [0, 0.05) is 29.2 Å². The summed E-state index contributed by atoms with van der Waals surface area (Å²) in [7, 11) is 0. The van der Waals surface area contributed by atoms with Gasteiger partial charge < -0.3 is 20.5 Å². The Morgan fingerprint density at radius 3 is 2.11 bits per heavy atom. The Kier molecular flexibility index (Phi) is 6.53. The molecule has 0 bridgehead atoms. The smallest absolute Gasteiger partial charge is 0.335 e. The number of ether oxygens (including phenoxy) is 1. The summed E-state index contributed by atoms with van der Waals surface area (Å²) in [6.07, 6.45) is 2.38. The van der Waals surface area contributed by atoms with Crippen LogP contribution in [-0.4, -0.2) is 32.7 Å². The molecule has 1 amide bonds. The van der Waals surface area contributed by atoms with Crippen LogP contribution >= 0.6 is 0 Å². The summed E-state index contributed by atoms with van der Waals surface area (Å²) in [5, 5.41) is 14.7. The minimum Gasteiger partial charge on any atom is -0.478 e. The van der Waals surface area contributed by atoms with Gasteiger partial charge in [0.1, 0.15) is 17.0 Å². The number of rotatable bonds is 9. The molecule has 0 aliphatic heterocycles. The molecule has 10 heteroatoms. The van der Waals surface area contributed by atoms with E-state index in [0.717, 1.165) is 0 Å². The van der Waals surface area contributed by atoms with E-state index in [2.05, 4.69) is 20.6 Å². The number of carboxylic acid groups (broad SMARTS) is 1. The highest BCUT2D eigenvalue weighted by atomic mass is 19.1. The SMILES string of the molecule is O=C(O)c1ccc(Nc2nccc(Oc3ccc(C(=O)C4(C(=O)Nc5ccc(F)cc5)CC4)cc3)n2)cc1. The van der Waals surface area contributed by atoms with Gasteiger partial charge in [-0.3, -0.25) is 9.59 Å². The monoisotopic (exact) mass is 512 g/mol. The van der Waals surface area contributed by atoms with Crippen LogP contribution < -0.4 is 15.4 Å². The Labute approximate surface area is 216 Å². The predicted molar refractivity (Wildman–Crippen MR) is 136 cm³/mol. The maximum absolute atomic E-state index is 13.1. The van der Waals surface area contributed by atoms with Crippen LogP contribution in [0.4, 0.5) is 21.7 Å². The number of carbonyl (C=O) groups is 3. The number of benzene rings is 3. The van der Waals surface area contributed by atoms with Crippen molar-refractivity contribution in [1.29, 1.82) is 0 Å². The number of ketones is 1. The fourth-order valence-electron chi connectivity index (χ4n) is 3.82. The van der Waals surface area contributed by atoms with Crippen molar-refractivity contribution in [3.8, 4) is 11.6 Å². The molecule has 4 aromatic rings. The van der Waals surface area contributed by atoms with Crippen molar-refractivity contribution < 1.29 is 28.6 Å². The summed E-state index contributed by atoms with van der Waals surface area (Å²) in [6.45, 7) is 0. The average molecular weight is 512 g/mol. The van der Waals surface area contributed by atoms with E-state index in [1.807, 2.05) is 0 Å². The van der Waals surface area contributed by atoms with Crippen LogP contribution in [0.15, 0.2) is 85.1 Å². The third-order valence-corrected chi connectivity index (χ3v) is 6.08. The van der Waals surface area contributed by atoms with Crippen molar-refractivity contribution in [2.75, 3.05) is 10.6 Å². The summed E-state index contributed by atoms with van der Waals surface area (Å²) in [5.41, 5.74) is 0.436. The molecule has 1 aliphatic rings. The highest BCUT2D eigenvalue weighted by Crippen LogP contribution is 2.49. The Hall–Kier alpha value is -5.12. The summed E-state index contributed by atoms with van der Waals surface area (Å²) in [6, 6.07) is 19.5. The van der Waals surface area contributed by atoms with E-state index in [1.54, 1.807) is 42.5 Å². The van der Waals surface area contributed by atoms with Crippen LogP contribution in [0, 0.1) is 11.2 Å². The van der Waals surface area contributed by atoms with Gasteiger partial charge in [0.05, 0.1) is 5.56 Å². The molecule has 0 unspecified atom stereocenters. The maximum atomic E-state index is 13.1. The van der Waals surface area contributed by atoms with E-state index >= 15 is 0 Å². The van der Waals surface area contributed by atoms with Gasteiger partial charge in [-0.1, -0.05) is 0 Å². The van der Waals surface area contributed by atoms with Crippen LogP contribution in [-0.2, 0) is 4.79 Å². The number of Topliss-reactive ketones (excluding diaryl/α,β-unsaturated/α-hetero) is 1. The number of aromatic carboxylic acids is 1. The fourth-order valence-corrected chi connectivity index (χ4v) is 3.82. The molecule has 0 atom stereocenters. The molecule has 1 aromatic heterocycles. The van der Waals surface area contributed by atoms with Crippen LogP contribution in [0.1, 0.15) is 33.6 Å². The van der Waals surface area contributed by atoms with E-state index < -0.39 is 23.1 Å². The molecular weight excluding hydrogens is 491 g/mol. The van der Waals surface area contributed by atoms with Crippen molar-refractivity contribution in [2.45, 2.75) is 12.8 Å². The van der Waals surface area contributed by atoms with Crippen LogP contribution in [0.2, 0.25) is 0 Å². The second-order valence-corrected chi connectivity index (χ2v) is 8.72. The van der Waals surface area contributed by atoms with Crippen molar-refractivity contribution in [1.82, 2.24) is 9.97 Å². The first-order valence-corrected chi connectivity index (χ1v) is 11.7. The van der Waals surface area contributed by atoms with Crippen molar-refractivity contribution in [3.63, 3.8) is 0 Å². The zero-order valence-electron chi connectivity index (χ0n) is 19.8. The maximum Gasteiger partial charge on any atom is 0.335 e. The number of nitrogens with one attached hydrogen (secondary N) is 2. The van der Waals surface area contributed by atoms with Crippen molar-refractivity contribution >= 4 is 35.0 Å². The number of nitrogens with zero attached hydrogens (tertiary/aromatic N) is 2. The van der Waals surface area contributed by atoms with Gasteiger partial charge in [0.15, 0.2) is 5.78 Å². The minimum absolute atomic E-state index is 0.164. The highest BCUT2D eigenvalue weighted by Gasteiger charge is 2.56. The van der Waals surface area contributed by atoms with Crippen molar-refractivity contribution in [2.24, 2.45) is 5.41 Å². The second-order valence-electron chi connectivity index (χ2n) is 8.72. The fraction of sp³-hybridized carbons (Fsp3) is 0.107. The molecule has 3 N–H and O–H groups in total. The minimum atomic E-state index is -1.13. The number of carbonyl (C=O) groups excluding carboxylic acids is 2. The first-order chi connectivity index (χ1) is 18.3. The molecule has 5 rings (SSSR count). The second kappa shape index (κ2) is 10.1. The third-order valence-electron chi connectivity index (χ3n) is 6.08. The van der Waals surface area contributed by atoms with E-state index in [-0.39, 0.29) is 23.2 Å². The lowest BCUT2D eigenvalue weighted by Crippen LogP contribution is -2.31. The summed E-state index contributed by atoms with van der Waals surface area (Å²) in [5.74, 6) is -1.20.